The van der Waals surface area contributed by atoms with Crippen LogP contribution in [0.25, 0.3) is 0 Å². The molecule has 1 atom stereocenters. The smallest absolute Gasteiger partial charge is 0.00102 e. The highest BCUT2D eigenvalue weighted by atomic mass is 14.9. The molecular weight excluding hydrogens is 146 g/mol. The van der Waals surface area contributed by atoms with Crippen molar-refractivity contribution in [2.75, 3.05) is 13.1 Å². The third kappa shape index (κ3) is 1.82. The lowest BCUT2D eigenvalue weighted by atomic mass is 9.61. The van der Waals surface area contributed by atoms with E-state index >= 15 is 0 Å². The lowest BCUT2D eigenvalue weighted by Gasteiger charge is -2.47. The molecule has 0 aromatic carbocycles. The fourth-order valence-corrected chi connectivity index (χ4v) is 2.28. The van der Waals surface area contributed by atoms with Crippen molar-refractivity contribution >= 4 is 0 Å². The summed E-state index contributed by atoms with van der Waals surface area (Å²) < 4.78 is 0. The summed E-state index contributed by atoms with van der Waals surface area (Å²) in [5.74, 6) is 0.908. The van der Waals surface area contributed by atoms with Gasteiger partial charge < -0.3 is 5.32 Å². The Bertz CT molecular complexity index is 127. The third-order valence-electron chi connectivity index (χ3n) is 3.73. The monoisotopic (exact) mass is 169 g/mol. The molecule has 0 bridgehead atoms. The molecule has 12 heavy (non-hydrogen) atoms. The first-order chi connectivity index (χ1) is 5.75. The number of nitrogens with one attached hydrogen (secondary N) is 1. The molecule has 1 rings (SSSR count). The van der Waals surface area contributed by atoms with Gasteiger partial charge in [0.05, 0.1) is 0 Å². The van der Waals surface area contributed by atoms with Crippen molar-refractivity contribution in [3.63, 3.8) is 0 Å². The number of rotatable bonds is 5. The van der Waals surface area contributed by atoms with Crippen LogP contribution in [0.3, 0.4) is 0 Å². The summed E-state index contributed by atoms with van der Waals surface area (Å²) in [5.41, 5.74) is 0.671. The molecule has 0 aliphatic heterocycles. The zero-order valence-corrected chi connectivity index (χ0v) is 8.82. The molecule has 1 heteroatoms. The van der Waals surface area contributed by atoms with Crippen molar-refractivity contribution in [3.8, 4) is 0 Å². The van der Waals surface area contributed by atoms with Crippen LogP contribution in [-0.2, 0) is 0 Å². The quantitative estimate of drug-likeness (QED) is 0.667. The Hall–Kier alpha value is -0.0400. The van der Waals surface area contributed by atoms with E-state index in [2.05, 4.69) is 26.1 Å². The minimum Gasteiger partial charge on any atom is -0.316 e. The Morgan fingerprint density at radius 1 is 1.33 bits per heavy atom. The molecular formula is C11H23N. The number of hydrogen-bond acceptors (Lipinski definition) is 1. The molecule has 0 amide bonds. The number of hydrogen-bond donors (Lipinski definition) is 1. The van der Waals surface area contributed by atoms with Gasteiger partial charge in [0.1, 0.15) is 0 Å². The highest BCUT2D eigenvalue weighted by Gasteiger charge is 2.40. The molecule has 1 saturated carbocycles. The summed E-state index contributed by atoms with van der Waals surface area (Å²) in [7, 11) is 0. The average Bonchev–Trinajstić information content (AvgIpc) is 2.02. The Morgan fingerprint density at radius 3 is 2.33 bits per heavy atom. The minimum absolute atomic E-state index is 0.671. The van der Waals surface area contributed by atoms with Crippen molar-refractivity contribution in [3.05, 3.63) is 0 Å². The maximum absolute atomic E-state index is 3.51. The van der Waals surface area contributed by atoms with Crippen LogP contribution in [0.4, 0.5) is 0 Å². The molecule has 0 aromatic heterocycles. The van der Waals surface area contributed by atoms with E-state index in [4.69, 9.17) is 0 Å². The van der Waals surface area contributed by atoms with Gasteiger partial charge in [-0.2, -0.15) is 0 Å². The molecule has 1 aliphatic rings. The lowest BCUT2D eigenvalue weighted by molar-refractivity contribution is 0.0565. The van der Waals surface area contributed by atoms with E-state index in [1.807, 2.05) is 0 Å². The minimum atomic E-state index is 0.671. The second-order valence-electron chi connectivity index (χ2n) is 4.31. The molecule has 1 nitrogen and oxygen atoms in total. The summed E-state index contributed by atoms with van der Waals surface area (Å²) in [6.07, 6.45) is 5.70. The van der Waals surface area contributed by atoms with Crippen molar-refractivity contribution in [1.82, 2.24) is 5.32 Å². The fourth-order valence-electron chi connectivity index (χ4n) is 2.28. The van der Waals surface area contributed by atoms with E-state index in [-0.39, 0.29) is 0 Å². The standard InChI is InChI=1S/C11H23N/c1-4-10(3)11(7-6-8-11)9-12-5-2/h10,12H,4-9H2,1-3H3. The van der Waals surface area contributed by atoms with Crippen molar-refractivity contribution in [2.24, 2.45) is 11.3 Å². The zero-order chi connectivity index (χ0) is 9.03. The van der Waals surface area contributed by atoms with Gasteiger partial charge in [-0.15, -0.1) is 0 Å². The Kier molecular flexibility index (Phi) is 3.57. The molecule has 0 aromatic rings. The third-order valence-corrected chi connectivity index (χ3v) is 3.73. The molecule has 1 aliphatic carbocycles. The van der Waals surface area contributed by atoms with Gasteiger partial charge in [-0.05, 0) is 30.7 Å². The molecule has 1 N–H and O–H groups in total. The van der Waals surface area contributed by atoms with E-state index < -0.39 is 0 Å². The predicted octanol–water partition coefficient (Wildman–Crippen LogP) is 2.81. The van der Waals surface area contributed by atoms with Crippen molar-refractivity contribution in [2.45, 2.75) is 46.5 Å². The Labute approximate surface area is 76.9 Å². The highest BCUT2D eigenvalue weighted by molar-refractivity contribution is 4.92. The van der Waals surface area contributed by atoms with Gasteiger partial charge in [-0.3, -0.25) is 0 Å². The van der Waals surface area contributed by atoms with Crippen LogP contribution in [0.5, 0.6) is 0 Å². The van der Waals surface area contributed by atoms with Gasteiger partial charge in [0, 0.05) is 6.54 Å². The lowest BCUT2D eigenvalue weighted by Crippen LogP contribution is -2.44. The summed E-state index contributed by atoms with van der Waals surface area (Å²) in [6, 6.07) is 0. The van der Waals surface area contributed by atoms with Gasteiger partial charge in [-0.1, -0.05) is 33.6 Å². The normalized spacial score (nSPS) is 23.2. The van der Waals surface area contributed by atoms with E-state index in [1.165, 1.54) is 32.2 Å². The molecule has 72 valence electrons. The zero-order valence-electron chi connectivity index (χ0n) is 8.82. The second kappa shape index (κ2) is 4.27. The van der Waals surface area contributed by atoms with Crippen LogP contribution in [0.2, 0.25) is 0 Å². The van der Waals surface area contributed by atoms with E-state index in [0.29, 0.717) is 5.41 Å². The van der Waals surface area contributed by atoms with Crippen LogP contribution < -0.4 is 5.32 Å². The maximum atomic E-state index is 3.51. The molecule has 1 fully saturated rings. The van der Waals surface area contributed by atoms with Crippen LogP contribution >= 0.6 is 0 Å². The second-order valence-corrected chi connectivity index (χ2v) is 4.31. The highest BCUT2D eigenvalue weighted by Crippen LogP contribution is 2.47. The molecule has 0 heterocycles. The first-order valence-electron chi connectivity index (χ1n) is 5.46. The largest absolute Gasteiger partial charge is 0.316 e. The SMILES string of the molecule is CCNCC1(C(C)CC)CCC1. The first-order valence-corrected chi connectivity index (χ1v) is 5.46. The Morgan fingerprint density at radius 2 is 2.00 bits per heavy atom. The van der Waals surface area contributed by atoms with Crippen molar-refractivity contribution < 1.29 is 0 Å². The van der Waals surface area contributed by atoms with Gasteiger partial charge in [0.25, 0.3) is 0 Å². The summed E-state index contributed by atoms with van der Waals surface area (Å²) in [6.45, 7) is 9.30. The first kappa shape index (κ1) is 10.0. The van der Waals surface area contributed by atoms with E-state index in [0.717, 1.165) is 12.5 Å². The predicted molar refractivity (Wildman–Crippen MR) is 54.3 cm³/mol. The van der Waals surface area contributed by atoms with Crippen LogP contribution in [0.1, 0.15) is 46.5 Å². The molecule has 1 unspecified atom stereocenters. The fraction of sp³-hybridized carbons (Fsp3) is 1.00. The molecule has 0 spiro atoms. The van der Waals surface area contributed by atoms with Crippen molar-refractivity contribution in [1.29, 1.82) is 0 Å². The van der Waals surface area contributed by atoms with Gasteiger partial charge in [0.2, 0.25) is 0 Å². The van der Waals surface area contributed by atoms with E-state index in [9.17, 15) is 0 Å². The van der Waals surface area contributed by atoms with Crippen LogP contribution in [-0.4, -0.2) is 13.1 Å². The van der Waals surface area contributed by atoms with Gasteiger partial charge >= 0.3 is 0 Å². The molecule has 0 saturated heterocycles. The van der Waals surface area contributed by atoms with Crippen LogP contribution in [0, 0.1) is 11.3 Å². The van der Waals surface area contributed by atoms with E-state index in [1.54, 1.807) is 0 Å². The summed E-state index contributed by atoms with van der Waals surface area (Å²) in [5, 5.41) is 3.51. The van der Waals surface area contributed by atoms with Gasteiger partial charge in [-0.25, -0.2) is 0 Å². The summed E-state index contributed by atoms with van der Waals surface area (Å²) >= 11 is 0. The average molecular weight is 169 g/mol. The topological polar surface area (TPSA) is 12.0 Å². The van der Waals surface area contributed by atoms with Crippen LogP contribution in [0.15, 0.2) is 0 Å². The molecule has 0 radical (unpaired) electrons. The van der Waals surface area contributed by atoms with Gasteiger partial charge in [0.15, 0.2) is 0 Å². The Balaban J connectivity index is 2.39. The summed E-state index contributed by atoms with van der Waals surface area (Å²) in [4.78, 5) is 0. The maximum Gasteiger partial charge on any atom is 0.00102 e.